The largest absolute Gasteiger partial charge is 0.460 e. The Morgan fingerprint density at radius 3 is 3.05 bits per heavy atom. The van der Waals surface area contributed by atoms with Crippen molar-refractivity contribution in [1.29, 1.82) is 0 Å². The average molecular weight is 289 g/mol. The normalized spacial score (nSPS) is 10.8. The Bertz CT molecular complexity index is 718. The number of thiazole rings is 1. The molecule has 1 aromatic carbocycles. The quantitative estimate of drug-likeness (QED) is 0.677. The molecule has 3 rings (SSSR count). The van der Waals surface area contributed by atoms with Crippen molar-refractivity contribution in [2.24, 2.45) is 0 Å². The molecule has 2 aromatic heterocycles. The van der Waals surface area contributed by atoms with Crippen molar-refractivity contribution < 1.29 is 9.53 Å². The molecule has 0 radical (unpaired) electrons. The van der Waals surface area contributed by atoms with Crippen LogP contribution in [0.15, 0.2) is 24.3 Å². The summed E-state index contributed by atoms with van der Waals surface area (Å²) < 4.78 is 7.39. The van der Waals surface area contributed by atoms with E-state index in [1.54, 1.807) is 18.3 Å². The fraction of sp³-hybridized carbons (Fsp3) is 0.250. The summed E-state index contributed by atoms with van der Waals surface area (Å²) >= 11 is 1.55. The van der Waals surface area contributed by atoms with Crippen molar-refractivity contribution in [2.75, 3.05) is 6.61 Å². The molecule has 0 atom stereocenters. The highest BCUT2D eigenvalue weighted by Crippen LogP contribution is 2.22. The molecule has 0 saturated heterocycles. The van der Waals surface area contributed by atoms with Crippen LogP contribution in [0.25, 0.3) is 10.2 Å². The number of nitrogens with zero attached hydrogens (tertiary/aromatic N) is 5. The lowest BCUT2D eigenvalue weighted by Gasteiger charge is -2.01. The van der Waals surface area contributed by atoms with E-state index in [1.807, 2.05) is 24.3 Å². The molecule has 7 nitrogen and oxygen atoms in total. The third-order valence-electron chi connectivity index (χ3n) is 2.61. The van der Waals surface area contributed by atoms with Gasteiger partial charge in [0.1, 0.15) is 5.01 Å². The van der Waals surface area contributed by atoms with Gasteiger partial charge in [0.2, 0.25) is 0 Å². The van der Waals surface area contributed by atoms with Gasteiger partial charge in [-0.05, 0) is 29.5 Å². The van der Waals surface area contributed by atoms with Crippen LogP contribution in [-0.2, 0) is 11.3 Å². The van der Waals surface area contributed by atoms with Gasteiger partial charge in [0, 0.05) is 0 Å². The number of carbonyl (C=O) groups is 1. The van der Waals surface area contributed by atoms with Crippen LogP contribution in [0.4, 0.5) is 0 Å². The van der Waals surface area contributed by atoms with E-state index in [9.17, 15) is 4.79 Å². The van der Waals surface area contributed by atoms with E-state index in [0.717, 1.165) is 15.2 Å². The molecule has 0 spiro atoms. The molecular weight excluding hydrogens is 278 g/mol. The molecular formula is C12H11N5O2S. The molecule has 8 heteroatoms. The first-order valence-corrected chi connectivity index (χ1v) is 6.87. The summed E-state index contributed by atoms with van der Waals surface area (Å²) in [5, 5.41) is 11.8. The minimum atomic E-state index is -0.529. The fourth-order valence-electron chi connectivity index (χ4n) is 1.77. The van der Waals surface area contributed by atoms with E-state index in [0.29, 0.717) is 6.54 Å². The maximum Gasteiger partial charge on any atom is 0.378 e. The van der Waals surface area contributed by atoms with Gasteiger partial charge in [-0.1, -0.05) is 12.1 Å². The molecule has 3 aromatic rings. The molecule has 20 heavy (non-hydrogen) atoms. The van der Waals surface area contributed by atoms with Gasteiger partial charge in [0.25, 0.3) is 5.82 Å². The van der Waals surface area contributed by atoms with Gasteiger partial charge >= 0.3 is 5.97 Å². The van der Waals surface area contributed by atoms with E-state index >= 15 is 0 Å². The number of rotatable bonds is 4. The third-order valence-corrected chi connectivity index (χ3v) is 3.63. The van der Waals surface area contributed by atoms with Gasteiger partial charge in [-0.25, -0.2) is 14.5 Å². The monoisotopic (exact) mass is 289 g/mol. The second kappa shape index (κ2) is 5.33. The number of benzene rings is 1. The summed E-state index contributed by atoms with van der Waals surface area (Å²) in [6.07, 6.45) is 0. The van der Waals surface area contributed by atoms with E-state index < -0.39 is 5.97 Å². The van der Waals surface area contributed by atoms with Crippen LogP contribution in [0.2, 0.25) is 0 Å². The molecule has 0 aliphatic rings. The van der Waals surface area contributed by atoms with Crippen molar-refractivity contribution in [2.45, 2.75) is 13.5 Å². The highest BCUT2D eigenvalue weighted by atomic mass is 32.1. The summed E-state index contributed by atoms with van der Waals surface area (Å²) in [6, 6.07) is 7.85. The first-order chi connectivity index (χ1) is 9.78. The molecule has 2 heterocycles. The number of fused-ring (bicyclic) bond motifs is 1. The molecule has 0 N–H and O–H groups in total. The van der Waals surface area contributed by atoms with Crippen molar-refractivity contribution in [3.05, 3.63) is 35.1 Å². The van der Waals surface area contributed by atoms with Crippen LogP contribution >= 0.6 is 11.3 Å². The standard InChI is InChI=1S/C12H11N5O2S/c1-2-19-12(18)11-14-15-16-17(11)7-10-13-8-5-3-4-6-9(8)20-10/h3-6H,2,7H2,1H3. The van der Waals surface area contributed by atoms with Gasteiger partial charge in [0.15, 0.2) is 0 Å². The smallest absolute Gasteiger partial charge is 0.378 e. The summed E-state index contributed by atoms with van der Waals surface area (Å²) in [5.74, 6) is -0.440. The van der Waals surface area contributed by atoms with Crippen LogP contribution in [0.1, 0.15) is 22.6 Å². The number of esters is 1. The Morgan fingerprint density at radius 1 is 1.40 bits per heavy atom. The van der Waals surface area contributed by atoms with Gasteiger partial charge < -0.3 is 4.74 Å². The molecule has 0 aliphatic heterocycles. The molecule has 0 bridgehead atoms. The Morgan fingerprint density at radius 2 is 2.25 bits per heavy atom. The molecule has 0 saturated carbocycles. The topological polar surface area (TPSA) is 82.8 Å². The van der Waals surface area contributed by atoms with Crippen LogP contribution < -0.4 is 0 Å². The second-order valence-corrected chi connectivity index (χ2v) is 5.07. The van der Waals surface area contributed by atoms with Crippen molar-refractivity contribution in [3.8, 4) is 0 Å². The molecule has 102 valence electrons. The lowest BCUT2D eigenvalue weighted by molar-refractivity contribution is 0.0505. The second-order valence-electron chi connectivity index (χ2n) is 3.96. The predicted molar refractivity (Wildman–Crippen MR) is 72.5 cm³/mol. The number of hydrogen-bond acceptors (Lipinski definition) is 7. The van der Waals surface area contributed by atoms with Gasteiger partial charge in [-0.2, -0.15) is 0 Å². The summed E-state index contributed by atoms with van der Waals surface area (Å²) in [4.78, 5) is 16.2. The van der Waals surface area contributed by atoms with Crippen LogP contribution in [0.5, 0.6) is 0 Å². The Hall–Kier alpha value is -2.35. The van der Waals surface area contributed by atoms with Crippen molar-refractivity contribution in [1.82, 2.24) is 25.2 Å². The highest BCUT2D eigenvalue weighted by Gasteiger charge is 2.17. The zero-order valence-electron chi connectivity index (χ0n) is 10.7. The Balaban J connectivity index is 1.87. The van der Waals surface area contributed by atoms with Crippen LogP contribution in [-0.4, -0.2) is 37.8 Å². The minimum Gasteiger partial charge on any atom is -0.460 e. The Labute approximate surface area is 118 Å². The molecule has 0 amide bonds. The summed E-state index contributed by atoms with van der Waals surface area (Å²) in [6.45, 7) is 2.37. The lowest BCUT2D eigenvalue weighted by Crippen LogP contribution is -2.15. The lowest BCUT2D eigenvalue weighted by atomic mass is 10.3. The van der Waals surface area contributed by atoms with Gasteiger partial charge in [-0.15, -0.1) is 16.4 Å². The first kappa shape index (κ1) is 12.7. The van der Waals surface area contributed by atoms with Gasteiger partial charge in [0.05, 0.1) is 23.4 Å². The fourth-order valence-corrected chi connectivity index (χ4v) is 2.72. The van der Waals surface area contributed by atoms with Crippen molar-refractivity contribution in [3.63, 3.8) is 0 Å². The zero-order valence-corrected chi connectivity index (χ0v) is 11.5. The van der Waals surface area contributed by atoms with Crippen LogP contribution in [0, 0.1) is 0 Å². The predicted octanol–water partition coefficient (Wildman–Crippen LogP) is 1.51. The molecule has 0 aliphatic carbocycles. The highest BCUT2D eigenvalue weighted by molar-refractivity contribution is 7.18. The number of hydrogen-bond donors (Lipinski definition) is 0. The Kier molecular flexibility index (Phi) is 3.38. The van der Waals surface area contributed by atoms with E-state index in [-0.39, 0.29) is 12.4 Å². The maximum atomic E-state index is 11.7. The number of tetrazole rings is 1. The molecule has 0 unspecified atom stereocenters. The van der Waals surface area contributed by atoms with E-state index in [1.165, 1.54) is 4.68 Å². The molecule has 0 fully saturated rings. The average Bonchev–Trinajstić information content (AvgIpc) is 3.05. The maximum absolute atomic E-state index is 11.7. The minimum absolute atomic E-state index is 0.0890. The SMILES string of the molecule is CCOC(=O)c1nnnn1Cc1nc2ccccc2s1. The van der Waals surface area contributed by atoms with Crippen LogP contribution in [0.3, 0.4) is 0 Å². The summed E-state index contributed by atoms with van der Waals surface area (Å²) in [7, 11) is 0. The van der Waals surface area contributed by atoms with E-state index in [2.05, 4.69) is 20.5 Å². The number of ether oxygens (including phenoxy) is 1. The van der Waals surface area contributed by atoms with Crippen molar-refractivity contribution >= 4 is 27.5 Å². The zero-order chi connectivity index (χ0) is 13.9. The summed E-state index contributed by atoms with van der Waals surface area (Å²) in [5.41, 5.74) is 0.929. The number of aromatic nitrogens is 5. The van der Waals surface area contributed by atoms with E-state index in [4.69, 9.17) is 4.74 Å². The number of para-hydroxylation sites is 1. The number of carbonyl (C=O) groups excluding carboxylic acids is 1. The first-order valence-electron chi connectivity index (χ1n) is 6.05. The van der Waals surface area contributed by atoms with Gasteiger partial charge in [-0.3, -0.25) is 0 Å². The third kappa shape index (κ3) is 2.37.